The highest BCUT2D eigenvalue weighted by atomic mass is 35.5. The molecule has 0 aliphatic carbocycles. The van der Waals surface area contributed by atoms with Crippen molar-refractivity contribution in [1.29, 1.82) is 0 Å². The van der Waals surface area contributed by atoms with Gasteiger partial charge in [0.05, 0.1) is 13.2 Å². The Balaban J connectivity index is 2.89. The van der Waals surface area contributed by atoms with E-state index >= 15 is 0 Å². The smallest absolute Gasteiger partial charge is 0.0602 e. The van der Waals surface area contributed by atoms with Crippen LogP contribution in [0.5, 0.6) is 0 Å². The summed E-state index contributed by atoms with van der Waals surface area (Å²) in [7, 11) is 2.07. The highest BCUT2D eigenvalue weighted by molar-refractivity contribution is 6.17. The fraction of sp³-hybridized carbons (Fsp3) is 1.00. The Morgan fingerprint density at radius 2 is 2.10 bits per heavy atom. The molecule has 0 aliphatic rings. The van der Waals surface area contributed by atoms with Gasteiger partial charge in [-0.2, -0.15) is 0 Å². The summed E-state index contributed by atoms with van der Waals surface area (Å²) in [6.07, 6.45) is 0. The van der Waals surface area contributed by atoms with E-state index in [1.165, 1.54) is 0 Å². The van der Waals surface area contributed by atoms with E-state index in [-0.39, 0.29) is 0 Å². The summed E-state index contributed by atoms with van der Waals surface area (Å²) in [5.41, 5.74) is 0. The van der Waals surface area contributed by atoms with Crippen molar-refractivity contribution in [2.24, 2.45) is 0 Å². The van der Waals surface area contributed by atoms with Crippen LogP contribution in [-0.2, 0) is 4.74 Å². The second-order valence-corrected chi connectivity index (χ2v) is 2.58. The third-order valence-electron chi connectivity index (χ3n) is 1.38. The molecule has 0 bridgehead atoms. The molecule has 0 rings (SSSR count). The first-order valence-electron chi connectivity index (χ1n) is 3.63. The zero-order chi connectivity index (χ0) is 7.82. The molecule has 0 saturated carbocycles. The minimum atomic E-state index is 0.593. The molecule has 0 unspecified atom stereocenters. The highest BCUT2D eigenvalue weighted by Gasteiger charge is 1.92. The number of hydrogen-bond acceptors (Lipinski definition) is 2. The predicted molar refractivity (Wildman–Crippen MR) is 44.7 cm³/mol. The third kappa shape index (κ3) is 6.33. The van der Waals surface area contributed by atoms with E-state index in [0.29, 0.717) is 12.5 Å². The van der Waals surface area contributed by atoms with Gasteiger partial charge < -0.3 is 9.64 Å². The summed E-state index contributed by atoms with van der Waals surface area (Å²) in [6.45, 7) is 5.65. The first-order valence-corrected chi connectivity index (χ1v) is 4.17. The van der Waals surface area contributed by atoms with Gasteiger partial charge in [-0.15, -0.1) is 11.6 Å². The molecule has 0 aromatic rings. The lowest BCUT2D eigenvalue weighted by Crippen LogP contribution is -2.22. The first-order chi connectivity index (χ1) is 4.81. The average molecular weight is 166 g/mol. The molecule has 0 heterocycles. The zero-order valence-electron chi connectivity index (χ0n) is 6.77. The van der Waals surface area contributed by atoms with Crippen molar-refractivity contribution in [3.05, 3.63) is 0 Å². The Labute approximate surface area is 68.1 Å². The number of likely N-dealkylation sites (N-methyl/N-ethyl adjacent to an activating group) is 1. The molecule has 0 N–H and O–H groups in total. The first kappa shape index (κ1) is 10.2. The molecule has 0 amide bonds. The van der Waals surface area contributed by atoms with Crippen molar-refractivity contribution in [3.63, 3.8) is 0 Å². The Morgan fingerprint density at radius 1 is 1.40 bits per heavy atom. The normalized spacial score (nSPS) is 10.8. The van der Waals surface area contributed by atoms with Crippen LogP contribution < -0.4 is 0 Å². The van der Waals surface area contributed by atoms with Gasteiger partial charge in [-0.05, 0) is 13.6 Å². The van der Waals surface area contributed by atoms with E-state index in [1.807, 2.05) is 0 Å². The molecule has 0 aromatic carbocycles. The van der Waals surface area contributed by atoms with Crippen molar-refractivity contribution < 1.29 is 4.74 Å². The van der Waals surface area contributed by atoms with Crippen LogP contribution in [0.25, 0.3) is 0 Å². The molecule has 0 aromatic heterocycles. The minimum absolute atomic E-state index is 0.593. The van der Waals surface area contributed by atoms with Crippen molar-refractivity contribution in [2.45, 2.75) is 6.92 Å². The number of nitrogens with zero attached hydrogens (tertiary/aromatic N) is 1. The van der Waals surface area contributed by atoms with Gasteiger partial charge in [0.25, 0.3) is 0 Å². The van der Waals surface area contributed by atoms with Crippen molar-refractivity contribution in [2.75, 3.05) is 39.2 Å². The van der Waals surface area contributed by atoms with Crippen LogP contribution in [0, 0.1) is 0 Å². The third-order valence-corrected chi connectivity index (χ3v) is 1.53. The van der Waals surface area contributed by atoms with Crippen LogP contribution in [0.15, 0.2) is 0 Å². The molecule has 0 fully saturated rings. The highest BCUT2D eigenvalue weighted by Crippen LogP contribution is 1.83. The lowest BCUT2D eigenvalue weighted by atomic mass is 10.5. The Kier molecular flexibility index (Phi) is 7.47. The van der Waals surface area contributed by atoms with Crippen LogP contribution in [0.4, 0.5) is 0 Å². The summed E-state index contributed by atoms with van der Waals surface area (Å²) in [6, 6.07) is 0. The zero-order valence-corrected chi connectivity index (χ0v) is 7.52. The molecule has 10 heavy (non-hydrogen) atoms. The number of rotatable bonds is 6. The summed E-state index contributed by atoms with van der Waals surface area (Å²) in [4.78, 5) is 2.20. The monoisotopic (exact) mass is 165 g/mol. The summed E-state index contributed by atoms with van der Waals surface area (Å²) >= 11 is 5.41. The van der Waals surface area contributed by atoms with Gasteiger partial charge in [0.15, 0.2) is 0 Å². The Hall–Kier alpha value is 0.210. The fourth-order valence-corrected chi connectivity index (χ4v) is 0.644. The molecule has 0 spiro atoms. The largest absolute Gasteiger partial charge is 0.379 e. The van der Waals surface area contributed by atoms with E-state index in [1.54, 1.807) is 0 Å². The van der Waals surface area contributed by atoms with Gasteiger partial charge in [0.2, 0.25) is 0 Å². The van der Waals surface area contributed by atoms with Crippen LogP contribution in [0.2, 0.25) is 0 Å². The molecule has 62 valence electrons. The van der Waals surface area contributed by atoms with E-state index in [4.69, 9.17) is 16.3 Å². The van der Waals surface area contributed by atoms with Crippen molar-refractivity contribution in [1.82, 2.24) is 4.90 Å². The molecule has 0 saturated heterocycles. The number of halogens is 1. The second-order valence-electron chi connectivity index (χ2n) is 2.20. The maximum absolute atomic E-state index is 5.41. The fourth-order valence-electron chi connectivity index (χ4n) is 0.535. The molecule has 0 radical (unpaired) electrons. The Bertz CT molecular complexity index is 70.6. The lowest BCUT2D eigenvalue weighted by molar-refractivity contribution is 0.125. The summed E-state index contributed by atoms with van der Waals surface area (Å²) in [5.74, 6) is 0.593. The molecular weight excluding hydrogens is 150 g/mol. The standard InChI is InChI=1S/C7H16ClNO/c1-3-9(2)5-7-10-6-4-8/h3-7H2,1-2H3. The van der Waals surface area contributed by atoms with Crippen molar-refractivity contribution in [3.8, 4) is 0 Å². The van der Waals surface area contributed by atoms with E-state index in [2.05, 4.69) is 18.9 Å². The van der Waals surface area contributed by atoms with Crippen LogP contribution >= 0.6 is 11.6 Å². The van der Waals surface area contributed by atoms with Gasteiger partial charge in [0, 0.05) is 12.4 Å². The maximum atomic E-state index is 5.41. The number of alkyl halides is 1. The Morgan fingerprint density at radius 3 is 2.60 bits per heavy atom. The number of hydrogen-bond donors (Lipinski definition) is 0. The summed E-state index contributed by atoms with van der Waals surface area (Å²) in [5, 5.41) is 0. The molecule has 3 heteroatoms. The van der Waals surface area contributed by atoms with E-state index in [0.717, 1.165) is 19.7 Å². The van der Waals surface area contributed by atoms with E-state index < -0.39 is 0 Å². The predicted octanol–water partition coefficient (Wildman–Crippen LogP) is 1.19. The van der Waals surface area contributed by atoms with Crippen LogP contribution in [0.1, 0.15) is 6.92 Å². The molecule has 2 nitrogen and oxygen atoms in total. The van der Waals surface area contributed by atoms with Gasteiger partial charge >= 0.3 is 0 Å². The topological polar surface area (TPSA) is 12.5 Å². The SMILES string of the molecule is CCN(C)CCOCCCl. The van der Waals surface area contributed by atoms with Crippen molar-refractivity contribution >= 4 is 11.6 Å². The lowest BCUT2D eigenvalue weighted by Gasteiger charge is -2.12. The summed E-state index contributed by atoms with van der Waals surface area (Å²) < 4.78 is 5.18. The van der Waals surface area contributed by atoms with Gasteiger partial charge in [-0.3, -0.25) is 0 Å². The minimum Gasteiger partial charge on any atom is -0.379 e. The molecule has 0 aliphatic heterocycles. The van der Waals surface area contributed by atoms with Crippen LogP contribution in [-0.4, -0.2) is 44.1 Å². The van der Waals surface area contributed by atoms with Gasteiger partial charge in [-0.25, -0.2) is 0 Å². The maximum Gasteiger partial charge on any atom is 0.0602 e. The average Bonchev–Trinajstić information content (AvgIpc) is 1.98. The molecule has 0 atom stereocenters. The number of ether oxygens (including phenoxy) is 1. The van der Waals surface area contributed by atoms with E-state index in [9.17, 15) is 0 Å². The quantitative estimate of drug-likeness (QED) is 0.433. The van der Waals surface area contributed by atoms with Gasteiger partial charge in [0.1, 0.15) is 0 Å². The molecular formula is C7H16ClNO. The second kappa shape index (κ2) is 7.32. The van der Waals surface area contributed by atoms with Gasteiger partial charge in [-0.1, -0.05) is 6.92 Å². The van der Waals surface area contributed by atoms with Crippen LogP contribution in [0.3, 0.4) is 0 Å².